The molecule has 0 saturated carbocycles. The summed E-state index contributed by atoms with van der Waals surface area (Å²) in [6.45, 7) is 2.35. The van der Waals surface area contributed by atoms with Gasteiger partial charge >= 0.3 is 0 Å². The molecule has 1 aliphatic heterocycles. The average molecular weight is 570 g/mol. The molecule has 0 spiro atoms. The second-order valence-corrected chi connectivity index (χ2v) is 9.29. The molecule has 0 atom stereocenters. The van der Waals surface area contributed by atoms with E-state index < -0.39 is 11.7 Å². The number of halogens is 2. The first-order valence-electron chi connectivity index (χ1n) is 12.3. The van der Waals surface area contributed by atoms with Crippen LogP contribution < -0.4 is 20.6 Å². The highest BCUT2D eigenvalue weighted by Gasteiger charge is 2.27. The largest absolute Gasteiger partial charge is 0.493 e. The van der Waals surface area contributed by atoms with Crippen molar-refractivity contribution >= 4 is 29.5 Å². The molecule has 1 fully saturated rings. The molecule has 1 amide bonds. The number of hydrazone groups is 1. The number of ether oxygens (including phenoxy) is 2. The van der Waals surface area contributed by atoms with Gasteiger partial charge in [-0.3, -0.25) is 9.69 Å². The Bertz CT molecular complexity index is 1530. The molecule has 0 bridgehead atoms. The van der Waals surface area contributed by atoms with Gasteiger partial charge in [0, 0.05) is 12.1 Å². The molecule has 5 rings (SSSR count). The van der Waals surface area contributed by atoms with Crippen molar-refractivity contribution in [3.63, 3.8) is 0 Å². The lowest BCUT2D eigenvalue weighted by Gasteiger charge is -2.13. The molecule has 15 heteroatoms. The summed E-state index contributed by atoms with van der Waals surface area (Å²) in [7, 11) is 1.50. The monoisotopic (exact) mass is 569 g/mol. The van der Waals surface area contributed by atoms with Crippen molar-refractivity contribution in [3.05, 3.63) is 69.8 Å². The predicted octanol–water partition coefficient (Wildman–Crippen LogP) is 2.97. The smallest absolute Gasteiger partial charge is 0.292 e. The van der Waals surface area contributed by atoms with Gasteiger partial charge in [0.05, 0.1) is 18.3 Å². The third-order valence-corrected chi connectivity index (χ3v) is 6.54. The number of nitrogens with zero attached hydrogens (tertiary/aromatic N) is 7. The Labute approximate surface area is 232 Å². The number of amides is 1. The summed E-state index contributed by atoms with van der Waals surface area (Å²) in [6, 6.07) is 9.19. The molecule has 2 aromatic heterocycles. The number of likely N-dealkylation sites (tertiary alicyclic amines) is 1. The van der Waals surface area contributed by atoms with Crippen LogP contribution in [0.2, 0.25) is 5.02 Å². The molecule has 3 N–H and O–H groups in total. The highest BCUT2D eigenvalue weighted by molar-refractivity contribution is 6.31. The fraction of sp³-hybridized carbons (Fsp3) is 0.280. The van der Waals surface area contributed by atoms with Crippen LogP contribution >= 0.6 is 11.6 Å². The van der Waals surface area contributed by atoms with Gasteiger partial charge in [-0.05, 0) is 72.1 Å². The quantitative estimate of drug-likeness (QED) is 0.215. The number of nitrogen functional groups attached to an aromatic ring is 1. The highest BCUT2D eigenvalue weighted by atomic mass is 35.5. The first-order chi connectivity index (χ1) is 19.4. The molecule has 208 valence electrons. The van der Waals surface area contributed by atoms with E-state index in [1.54, 1.807) is 24.3 Å². The lowest BCUT2D eigenvalue weighted by atomic mass is 10.2. The van der Waals surface area contributed by atoms with E-state index in [0.29, 0.717) is 34.9 Å². The van der Waals surface area contributed by atoms with Crippen molar-refractivity contribution in [1.29, 1.82) is 0 Å². The number of hydrogen-bond acceptors (Lipinski definition) is 11. The normalized spacial score (nSPS) is 13.7. The van der Waals surface area contributed by atoms with E-state index in [0.717, 1.165) is 25.9 Å². The molecule has 3 heterocycles. The van der Waals surface area contributed by atoms with Crippen molar-refractivity contribution in [2.45, 2.75) is 26.0 Å². The first-order valence-corrected chi connectivity index (χ1v) is 12.6. The van der Waals surface area contributed by atoms with E-state index in [1.807, 2.05) is 0 Å². The van der Waals surface area contributed by atoms with Crippen LogP contribution in [0.1, 0.15) is 40.2 Å². The zero-order valence-corrected chi connectivity index (χ0v) is 22.1. The molecule has 40 heavy (non-hydrogen) atoms. The van der Waals surface area contributed by atoms with E-state index >= 15 is 0 Å². The maximum absolute atomic E-state index is 13.3. The zero-order chi connectivity index (χ0) is 28.1. The minimum absolute atomic E-state index is 0.0359. The molecular weight excluding hydrogens is 545 g/mol. The van der Waals surface area contributed by atoms with Crippen LogP contribution in [-0.2, 0) is 13.2 Å². The topological polar surface area (TPSA) is 159 Å². The Kier molecular flexibility index (Phi) is 8.17. The summed E-state index contributed by atoms with van der Waals surface area (Å²) in [5, 5.41) is 19.9. The number of hydrogen-bond donors (Lipinski definition) is 2. The lowest BCUT2D eigenvalue weighted by Crippen LogP contribution is -2.26. The third-order valence-electron chi connectivity index (χ3n) is 6.19. The van der Waals surface area contributed by atoms with E-state index in [4.69, 9.17) is 26.8 Å². The van der Waals surface area contributed by atoms with E-state index in [9.17, 15) is 9.18 Å². The molecule has 0 unspecified atom stereocenters. The standard InChI is InChI=1S/C25H25ClFN9O4/c1-38-21-10-15(4-7-20(21)39-14-16-5-6-17(27)11-18(16)26)12-29-31-25(37)22-19(13-35-8-2-3-9-35)30-34-36(22)24-23(28)32-40-33-24/h4-7,10-12H,2-3,8-9,13-14H2,1H3,(H2,28,32)(H,31,37)/b29-12-. The van der Waals surface area contributed by atoms with Crippen molar-refractivity contribution in [1.82, 2.24) is 35.6 Å². The number of aromatic nitrogens is 5. The van der Waals surface area contributed by atoms with Crippen LogP contribution in [0.4, 0.5) is 10.2 Å². The van der Waals surface area contributed by atoms with Crippen LogP contribution in [0.25, 0.3) is 5.82 Å². The fourth-order valence-electron chi connectivity index (χ4n) is 4.18. The van der Waals surface area contributed by atoms with Crippen molar-refractivity contribution in [2.24, 2.45) is 5.10 Å². The number of anilines is 1. The molecule has 4 aromatic rings. The molecular formula is C25H25ClFN9O4. The van der Waals surface area contributed by atoms with E-state index in [2.05, 4.69) is 40.7 Å². The van der Waals surface area contributed by atoms with Gasteiger partial charge in [-0.1, -0.05) is 22.9 Å². The van der Waals surface area contributed by atoms with Gasteiger partial charge in [0.2, 0.25) is 11.6 Å². The van der Waals surface area contributed by atoms with Crippen LogP contribution in [0.3, 0.4) is 0 Å². The zero-order valence-electron chi connectivity index (χ0n) is 21.4. The SMILES string of the molecule is COc1cc(/C=N\NC(=O)c2c(CN3CCCC3)nnn2-c2nonc2N)ccc1OCc1ccc(F)cc1Cl. The molecule has 1 aliphatic rings. The van der Waals surface area contributed by atoms with Gasteiger partial charge in [0.1, 0.15) is 18.1 Å². The first kappa shape index (κ1) is 27.0. The van der Waals surface area contributed by atoms with Gasteiger partial charge in [-0.2, -0.15) is 9.78 Å². The summed E-state index contributed by atoms with van der Waals surface area (Å²) in [5.41, 5.74) is 10.1. The summed E-state index contributed by atoms with van der Waals surface area (Å²) < 4.78 is 30.4. The van der Waals surface area contributed by atoms with Crippen LogP contribution in [0, 0.1) is 5.82 Å². The van der Waals surface area contributed by atoms with E-state index in [-0.39, 0.29) is 29.0 Å². The highest BCUT2D eigenvalue weighted by Crippen LogP contribution is 2.29. The number of carbonyl (C=O) groups excluding carboxylic acids is 1. The molecule has 2 aromatic carbocycles. The Hall–Kier alpha value is -4.56. The van der Waals surface area contributed by atoms with Gasteiger partial charge in [0.25, 0.3) is 5.91 Å². The summed E-state index contributed by atoms with van der Waals surface area (Å²) in [4.78, 5) is 15.4. The van der Waals surface area contributed by atoms with E-state index in [1.165, 1.54) is 30.1 Å². The molecule has 1 saturated heterocycles. The summed E-state index contributed by atoms with van der Waals surface area (Å²) in [5.74, 6) is -0.101. The fourth-order valence-corrected chi connectivity index (χ4v) is 4.40. The Morgan fingerprint density at radius 3 is 2.77 bits per heavy atom. The minimum atomic E-state index is -0.569. The number of carbonyl (C=O) groups is 1. The van der Waals surface area contributed by atoms with Crippen molar-refractivity contribution in [2.75, 3.05) is 25.9 Å². The average Bonchev–Trinajstić information content (AvgIpc) is 3.70. The van der Waals surface area contributed by atoms with Gasteiger partial charge in [-0.25, -0.2) is 14.4 Å². The maximum atomic E-state index is 13.3. The predicted molar refractivity (Wildman–Crippen MR) is 142 cm³/mol. The third kappa shape index (κ3) is 6.02. The number of benzene rings is 2. The lowest BCUT2D eigenvalue weighted by molar-refractivity contribution is 0.0945. The second kappa shape index (κ2) is 12.1. The van der Waals surface area contributed by atoms with Crippen molar-refractivity contribution in [3.8, 4) is 17.3 Å². The number of rotatable bonds is 10. The Balaban J connectivity index is 1.29. The summed E-state index contributed by atoms with van der Waals surface area (Å²) >= 11 is 6.08. The number of nitrogens with one attached hydrogen (secondary N) is 1. The summed E-state index contributed by atoms with van der Waals surface area (Å²) in [6.07, 6.45) is 3.60. The molecule has 0 radical (unpaired) electrons. The minimum Gasteiger partial charge on any atom is -0.493 e. The van der Waals surface area contributed by atoms with Gasteiger partial charge < -0.3 is 15.2 Å². The Morgan fingerprint density at radius 1 is 1.23 bits per heavy atom. The molecule has 13 nitrogen and oxygen atoms in total. The number of methoxy groups -OCH3 is 1. The maximum Gasteiger partial charge on any atom is 0.292 e. The Morgan fingerprint density at radius 2 is 2.05 bits per heavy atom. The van der Waals surface area contributed by atoms with Crippen molar-refractivity contribution < 1.29 is 23.3 Å². The second-order valence-electron chi connectivity index (χ2n) is 8.89. The van der Waals surface area contributed by atoms with Crippen LogP contribution in [0.15, 0.2) is 46.1 Å². The molecule has 0 aliphatic carbocycles. The number of nitrogens with two attached hydrogens (primary N) is 1. The van der Waals surface area contributed by atoms with Crippen LogP contribution in [0.5, 0.6) is 11.5 Å². The van der Waals surface area contributed by atoms with Gasteiger partial charge in [0.15, 0.2) is 17.2 Å². The van der Waals surface area contributed by atoms with Crippen LogP contribution in [-0.4, -0.2) is 62.5 Å². The van der Waals surface area contributed by atoms with Gasteiger partial charge in [-0.15, -0.1) is 5.10 Å².